The lowest BCUT2D eigenvalue weighted by Gasteiger charge is -2.42. The molecule has 4 N–H and O–H groups in total. The number of hydrogen-bond donors (Lipinski definition) is 2. The molecule has 23 heavy (non-hydrogen) atoms. The monoisotopic (exact) mass is 392 g/mol. The van der Waals surface area contributed by atoms with Crippen LogP contribution in [0.5, 0.6) is 0 Å². The fraction of sp³-hybridized carbons (Fsp3) is 0.412. The van der Waals surface area contributed by atoms with Gasteiger partial charge in [-0.1, -0.05) is 60.8 Å². The molecule has 6 heteroatoms. The number of nitrogens with two attached hydrogens (primary N) is 2. The third-order valence-corrected chi connectivity index (χ3v) is 6.75. The molecule has 0 saturated carbocycles. The SMILES string of the molecule is CCc1cc(CC2=CC(Cl)=C(N)C(Cl)(CC)C2(Cl)Cl)ccc1N. The van der Waals surface area contributed by atoms with Crippen LogP contribution in [0.1, 0.15) is 31.4 Å². The molecule has 0 aromatic heterocycles. The van der Waals surface area contributed by atoms with E-state index in [-0.39, 0.29) is 0 Å². The summed E-state index contributed by atoms with van der Waals surface area (Å²) in [5.74, 6) is 0. The maximum Gasteiger partial charge on any atom is 0.164 e. The summed E-state index contributed by atoms with van der Waals surface area (Å²) in [6.45, 7) is 3.94. The van der Waals surface area contributed by atoms with E-state index < -0.39 is 9.21 Å². The second kappa shape index (κ2) is 6.76. The van der Waals surface area contributed by atoms with Gasteiger partial charge >= 0.3 is 0 Å². The van der Waals surface area contributed by atoms with Crippen molar-refractivity contribution >= 4 is 52.1 Å². The Kier molecular flexibility index (Phi) is 5.52. The van der Waals surface area contributed by atoms with Crippen LogP contribution >= 0.6 is 46.4 Å². The van der Waals surface area contributed by atoms with Gasteiger partial charge in [0.15, 0.2) is 4.33 Å². The highest BCUT2D eigenvalue weighted by atomic mass is 35.5. The molecule has 0 bridgehead atoms. The molecule has 0 radical (unpaired) electrons. The minimum Gasteiger partial charge on any atom is -0.399 e. The smallest absolute Gasteiger partial charge is 0.164 e. The van der Waals surface area contributed by atoms with Gasteiger partial charge in [0, 0.05) is 5.69 Å². The van der Waals surface area contributed by atoms with Gasteiger partial charge in [-0.15, -0.1) is 11.6 Å². The van der Waals surface area contributed by atoms with Crippen LogP contribution in [0.2, 0.25) is 0 Å². The molecule has 1 aromatic rings. The van der Waals surface area contributed by atoms with Crippen molar-refractivity contribution in [3.8, 4) is 0 Å². The molecule has 1 aromatic carbocycles. The van der Waals surface area contributed by atoms with Crippen molar-refractivity contribution in [1.82, 2.24) is 0 Å². The molecule has 0 amide bonds. The van der Waals surface area contributed by atoms with E-state index in [1.54, 1.807) is 6.08 Å². The number of alkyl halides is 3. The van der Waals surface area contributed by atoms with Crippen LogP contribution in [0, 0.1) is 0 Å². The number of benzene rings is 1. The highest BCUT2D eigenvalue weighted by Crippen LogP contribution is 2.54. The van der Waals surface area contributed by atoms with Crippen molar-refractivity contribution < 1.29 is 0 Å². The zero-order valence-corrected chi connectivity index (χ0v) is 16.1. The first-order valence-corrected chi connectivity index (χ1v) is 8.99. The summed E-state index contributed by atoms with van der Waals surface area (Å²) < 4.78 is -1.33. The number of halogens is 4. The quantitative estimate of drug-likeness (QED) is 0.539. The Bertz CT molecular complexity index is 679. The van der Waals surface area contributed by atoms with Gasteiger partial charge in [-0.05, 0) is 48.1 Å². The van der Waals surface area contributed by atoms with Crippen molar-refractivity contribution in [3.63, 3.8) is 0 Å². The summed E-state index contributed by atoms with van der Waals surface area (Å²) in [7, 11) is 0. The van der Waals surface area contributed by atoms with Crippen molar-refractivity contribution in [2.45, 2.75) is 42.3 Å². The number of allylic oxidation sites excluding steroid dienone is 4. The van der Waals surface area contributed by atoms with Crippen molar-refractivity contribution in [1.29, 1.82) is 0 Å². The summed E-state index contributed by atoms with van der Waals surface area (Å²) >= 11 is 26.2. The van der Waals surface area contributed by atoms with Gasteiger partial charge < -0.3 is 11.5 Å². The van der Waals surface area contributed by atoms with Crippen LogP contribution in [0.4, 0.5) is 5.69 Å². The molecule has 1 aliphatic rings. The largest absolute Gasteiger partial charge is 0.399 e. The van der Waals surface area contributed by atoms with E-state index in [2.05, 4.69) is 13.0 Å². The molecular weight excluding hydrogens is 374 g/mol. The van der Waals surface area contributed by atoms with Crippen molar-refractivity contribution in [2.24, 2.45) is 5.73 Å². The van der Waals surface area contributed by atoms with E-state index >= 15 is 0 Å². The highest BCUT2D eigenvalue weighted by molar-refractivity contribution is 6.56. The molecule has 126 valence electrons. The predicted molar refractivity (Wildman–Crippen MR) is 102 cm³/mol. The average Bonchev–Trinajstić information content (AvgIpc) is 2.52. The normalized spacial score (nSPS) is 23.8. The average molecular weight is 394 g/mol. The molecule has 0 saturated heterocycles. The number of hydrogen-bond acceptors (Lipinski definition) is 2. The van der Waals surface area contributed by atoms with E-state index in [4.69, 9.17) is 57.9 Å². The first kappa shape index (κ1) is 18.8. The van der Waals surface area contributed by atoms with Crippen LogP contribution < -0.4 is 11.5 Å². The number of anilines is 1. The Hall–Kier alpha value is -0.540. The lowest BCUT2D eigenvalue weighted by Crippen LogP contribution is -2.49. The second-order valence-electron chi connectivity index (χ2n) is 5.72. The lowest BCUT2D eigenvalue weighted by molar-refractivity contribution is 0.573. The lowest BCUT2D eigenvalue weighted by atomic mass is 9.84. The first-order chi connectivity index (χ1) is 10.7. The highest BCUT2D eigenvalue weighted by Gasteiger charge is 2.54. The molecule has 0 heterocycles. The molecule has 1 atom stereocenters. The zero-order valence-electron chi connectivity index (χ0n) is 13.1. The molecule has 0 spiro atoms. The summed E-state index contributed by atoms with van der Waals surface area (Å²) in [6.07, 6.45) is 3.56. The zero-order chi connectivity index (χ0) is 17.4. The minimum atomic E-state index is -1.33. The van der Waals surface area contributed by atoms with E-state index in [9.17, 15) is 0 Å². The number of nitrogen functional groups attached to an aromatic ring is 1. The van der Waals surface area contributed by atoms with Gasteiger partial charge in [-0.2, -0.15) is 0 Å². The van der Waals surface area contributed by atoms with Crippen molar-refractivity contribution in [3.05, 3.63) is 51.7 Å². The van der Waals surface area contributed by atoms with Gasteiger partial charge in [0.25, 0.3) is 0 Å². The number of rotatable bonds is 4. The Balaban J connectivity index is 2.45. The summed E-state index contributed by atoms with van der Waals surface area (Å²) in [5.41, 5.74) is 16.0. The standard InChI is InChI=1S/C17H20Cl4N2/c1-3-11-7-10(5-6-14(11)22)8-12-9-13(18)15(23)16(19,4-2)17(12,20)21/h5-7,9H,3-4,8,22-23H2,1-2H3. The van der Waals surface area contributed by atoms with E-state index in [1.807, 2.05) is 19.1 Å². The maximum atomic E-state index is 6.65. The minimum absolute atomic E-state index is 0.309. The van der Waals surface area contributed by atoms with Gasteiger partial charge in [0.05, 0.1) is 10.7 Å². The molecule has 0 fully saturated rings. The van der Waals surface area contributed by atoms with Gasteiger partial charge in [0.2, 0.25) is 0 Å². The number of aryl methyl sites for hydroxylation is 1. The fourth-order valence-corrected chi connectivity index (χ4v) is 4.08. The molecule has 0 aliphatic heterocycles. The third kappa shape index (κ3) is 3.19. The van der Waals surface area contributed by atoms with Crippen LogP contribution in [0.25, 0.3) is 0 Å². The molecule has 1 aliphatic carbocycles. The third-order valence-electron chi connectivity index (χ3n) is 4.36. The van der Waals surface area contributed by atoms with Gasteiger partial charge in [0.1, 0.15) is 4.87 Å². The van der Waals surface area contributed by atoms with E-state index in [0.29, 0.717) is 23.6 Å². The van der Waals surface area contributed by atoms with Crippen LogP contribution in [-0.2, 0) is 12.8 Å². The molecular formula is C17H20Cl4N2. The maximum absolute atomic E-state index is 6.65. The van der Waals surface area contributed by atoms with Crippen LogP contribution in [0.15, 0.2) is 40.6 Å². The molecule has 2 nitrogen and oxygen atoms in total. The Morgan fingerprint density at radius 2 is 1.74 bits per heavy atom. The fourth-order valence-electron chi connectivity index (χ4n) is 2.80. The van der Waals surface area contributed by atoms with E-state index in [1.165, 1.54) is 0 Å². The summed E-state index contributed by atoms with van der Waals surface area (Å²) in [5, 5.41) is 0.389. The van der Waals surface area contributed by atoms with Crippen LogP contribution in [0.3, 0.4) is 0 Å². The molecule has 2 rings (SSSR count). The summed E-state index contributed by atoms with van der Waals surface area (Å²) in [4.78, 5) is -1.13. The van der Waals surface area contributed by atoms with Gasteiger partial charge in [-0.3, -0.25) is 0 Å². The Morgan fingerprint density at radius 3 is 2.30 bits per heavy atom. The Labute approximate surface area is 157 Å². The van der Waals surface area contributed by atoms with Crippen LogP contribution in [-0.4, -0.2) is 9.21 Å². The molecule has 1 unspecified atom stereocenters. The van der Waals surface area contributed by atoms with Gasteiger partial charge in [-0.25, -0.2) is 0 Å². The van der Waals surface area contributed by atoms with Crippen molar-refractivity contribution in [2.75, 3.05) is 5.73 Å². The Morgan fingerprint density at radius 1 is 1.09 bits per heavy atom. The first-order valence-electron chi connectivity index (χ1n) is 7.48. The topological polar surface area (TPSA) is 52.0 Å². The summed E-state index contributed by atoms with van der Waals surface area (Å²) in [6, 6.07) is 5.90. The second-order valence-corrected chi connectivity index (χ2v) is 8.10. The predicted octanol–water partition coefficient (Wildman–Crippen LogP) is 5.28. The van der Waals surface area contributed by atoms with E-state index in [0.717, 1.165) is 28.8 Å².